The number of hydrogen-bond donors (Lipinski definition) is 1. The van der Waals surface area contributed by atoms with Crippen LogP contribution in [0.3, 0.4) is 0 Å². The third-order valence-electron chi connectivity index (χ3n) is 4.86. The first kappa shape index (κ1) is 19.7. The molecular weight excluding hydrogens is 344 g/mol. The number of anilines is 1. The maximum absolute atomic E-state index is 12.2. The molecular formula is C25H28N2O. The Hall–Kier alpha value is -3.07. The maximum Gasteiger partial charge on any atom is 0.224 e. The van der Waals surface area contributed by atoms with Gasteiger partial charge in [-0.25, -0.2) is 0 Å². The standard InChI is InChI=1S/C25H28N2O/c1-2-27(24-12-7-4-8-13-24)19-9-18-26-25(28)20-21-14-16-23(17-15-21)22-10-5-3-6-11-22/h3-8,10-17H,2,9,18-20H2,1H3,(H,26,28). The zero-order valence-electron chi connectivity index (χ0n) is 16.5. The molecule has 0 aromatic heterocycles. The number of para-hydroxylation sites is 1. The molecule has 0 unspecified atom stereocenters. The molecule has 0 aliphatic heterocycles. The lowest BCUT2D eigenvalue weighted by molar-refractivity contribution is -0.120. The zero-order valence-corrected chi connectivity index (χ0v) is 16.5. The van der Waals surface area contributed by atoms with Gasteiger partial charge in [0.1, 0.15) is 0 Å². The molecule has 1 amide bonds. The summed E-state index contributed by atoms with van der Waals surface area (Å²) in [6, 6.07) is 28.9. The Morgan fingerprint density at radius 1 is 0.821 bits per heavy atom. The fourth-order valence-corrected chi connectivity index (χ4v) is 3.30. The molecule has 144 valence electrons. The van der Waals surface area contributed by atoms with Gasteiger partial charge in [-0.3, -0.25) is 4.79 Å². The Balaban J connectivity index is 1.42. The van der Waals surface area contributed by atoms with Crippen molar-refractivity contribution < 1.29 is 4.79 Å². The van der Waals surface area contributed by atoms with Gasteiger partial charge in [0.05, 0.1) is 6.42 Å². The minimum atomic E-state index is 0.0789. The molecule has 0 aliphatic carbocycles. The summed E-state index contributed by atoms with van der Waals surface area (Å²) in [5.74, 6) is 0.0789. The SMILES string of the molecule is CCN(CCCNC(=O)Cc1ccc(-c2ccccc2)cc1)c1ccccc1. The van der Waals surface area contributed by atoms with Crippen LogP contribution in [0.15, 0.2) is 84.9 Å². The summed E-state index contributed by atoms with van der Waals surface area (Å²) in [7, 11) is 0. The molecule has 0 bridgehead atoms. The summed E-state index contributed by atoms with van der Waals surface area (Å²) in [5, 5.41) is 3.04. The molecule has 0 radical (unpaired) electrons. The van der Waals surface area contributed by atoms with E-state index in [1.807, 2.05) is 36.4 Å². The van der Waals surface area contributed by atoms with Gasteiger partial charge in [-0.15, -0.1) is 0 Å². The normalized spacial score (nSPS) is 10.5. The van der Waals surface area contributed by atoms with Crippen LogP contribution in [0.2, 0.25) is 0 Å². The molecule has 3 nitrogen and oxygen atoms in total. The van der Waals surface area contributed by atoms with E-state index < -0.39 is 0 Å². The summed E-state index contributed by atoms with van der Waals surface area (Å²) in [5.41, 5.74) is 4.63. The second kappa shape index (κ2) is 10.3. The third kappa shape index (κ3) is 5.71. The van der Waals surface area contributed by atoms with Crippen LogP contribution in [-0.2, 0) is 11.2 Å². The van der Waals surface area contributed by atoms with Crippen molar-refractivity contribution >= 4 is 11.6 Å². The Morgan fingerprint density at radius 2 is 1.43 bits per heavy atom. The second-order valence-corrected chi connectivity index (χ2v) is 6.86. The molecule has 0 fully saturated rings. The average molecular weight is 373 g/mol. The smallest absolute Gasteiger partial charge is 0.224 e. The first-order valence-corrected chi connectivity index (χ1v) is 9.97. The third-order valence-corrected chi connectivity index (χ3v) is 4.86. The van der Waals surface area contributed by atoms with Crippen LogP contribution < -0.4 is 10.2 Å². The molecule has 0 saturated heterocycles. The van der Waals surface area contributed by atoms with Gasteiger partial charge in [-0.2, -0.15) is 0 Å². The minimum Gasteiger partial charge on any atom is -0.372 e. The van der Waals surface area contributed by atoms with Crippen molar-refractivity contribution in [1.29, 1.82) is 0 Å². The fourth-order valence-electron chi connectivity index (χ4n) is 3.30. The predicted octanol–water partition coefficient (Wildman–Crippen LogP) is 4.93. The lowest BCUT2D eigenvalue weighted by Gasteiger charge is -2.23. The second-order valence-electron chi connectivity index (χ2n) is 6.86. The monoisotopic (exact) mass is 372 g/mol. The van der Waals surface area contributed by atoms with E-state index in [9.17, 15) is 4.79 Å². The van der Waals surface area contributed by atoms with Crippen molar-refractivity contribution in [3.05, 3.63) is 90.5 Å². The van der Waals surface area contributed by atoms with Crippen LogP contribution in [0.25, 0.3) is 11.1 Å². The number of rotatable bonds is 9. The highest BCUT2D eigenvalue weighted by Crippen LogP contribution is 2.19. The van der Waals surface area contributed by atoms with Crippen LogP contribution in [0, 0.1) is 0 Å². The van der Waals surface area contributed by atoms with Crippen LogP contribution in [-0.4, -0.2) is 25.5 Å². The first-order valence-electron chi connectivity index (χ1n) is 9.97. The highest BCUT2D eigenvalue weighted by molar-refractivity contribution is 5.78. The van der Waals surface area contributed by atoms with E-state index in [1.54, 1.807) is 0 Å². The van der Waals surface area contributed by atoms with Crippen molar-refractivity contribution in [3.63, 3.8) is 0 Å². The van der Waals surface area contributed by atoms with Crippen LogP contribution in [0.1, 0.15) is 18.9 Å². The Bertz CT molecular complexity index is 845. The molecule has 3 heteroatoms. The van der Waals surface area contributed by atoms with Crippen LogP contribution in [0.4, 0.5) is 5.69 Å². The van der Waals surface area contributed by atoms with Gasteiger partial charge in [-0.1, -0.05) is 72.8 Å². The fraction of sp³-hybridized carbons (Fsp3) is 0.240. The van der Waals surface area contributed by atoms with E-state index in [1.165, 1.54) is 16.8 Å². The number of nitrogens with zero attached hydrogens (tertiary/aromatic N) is 1. The summed E-state index contributed by atoms with van der Waals surface area (Å²) in [6.07, 6.45) is 1.35. The van der Waals surface area contributed by atoms with Gasteiger partial charge in [0, 0.05) is 25.3 Å². The topological polar surface area (TPSA) is 32.3 Å². The van der Waals surface area contributed by atoms with Gasteiger partial charge in [-0.05, 0) is 42.2 Å². The molecule has 3 aromatic carbocycles. The highest BCUT2D eigenvalue weighted by atomic mass is 16.1. The Kier molecular flexibility index (Phi) is 7.25. The van der Waals surface area contributed by atoms with Crippen molar-refractivity contribution in [2.75, 3.05) is 24.5 Å². The summed E-state index contributed by atoms with van der Waals surface area (Å²) >= 11 is 0. The van der Waals surface area contributed by atoms with Gasteiger partial charge < -0.3 is 10.2 Å². The molecule has 3 aromatic rings. The summed E-state index contributed by atoms with van der Waals surface area (Å²) in [4.78, 5) is 14.6. The summed E-state index contributed by atoms with van der Waals surface area (Å²) in [6.45, 7) is 4.76. The molecule has 0 atom stereocenters. The van der Waals surface area contributed by atoms with Crippen molar-refractivity contribution in [2.24, 2.45) is 0 Å². The van der Waals surface area contributed by atoms with Crippen LogP contribution in [0.5, 0.6) is 0 Å². The molecule has 1 N–H and O–H groups in total. The largest absolute Gasteiger partial charge is 0.372 e. The molecule has 0 saturated carbocycles. The van der Waals surface area contributed by atoms with E-state index in [0.717, 1.165) is 25.1 Å². The van der Waals surface area contributed by atoms with E-state index in [0.29, 0.717) is 13.0 Å². The van der Waals surface area contributed by atoms with Gasteiger partial charge in [0.25, 0.3) is 0 Å². The average Bonchev–Trinajstić information content (AvgIpc) is 2.75. The molecule has 0 heterocycles. The molecule has 3 rings (SSSR count). The van der Waals surface area contributed by atoms with Crippen molar-refractivity contribution in [2.45, 2.75) is 19.8 Å². The lowest BCUT2D eigenvalue weighted by Crippen LogP contribution is -2.30. The Labute approximate surface area is 168 Å². The number of hydrogen-bond acceptors (Lipinski definition) is 2. The zero-order chi connectivity index (χ0) is 19.6. The number of carbonyl (C=O) groups is 1. The van der Waals surface area contributed by atoms with Gasteiger partial charge >= 0.3 is 0 Å². The number of amides is 1. The Morgan fingerprint density at radius 3 is 2.07 bits per heavy atom. The number of nitrogens with one attached hydrogen (secondary N) is 1. The van der Waals surface area contributed by atoms with Gasteiger partial charge in [0.15, 0.2) is 0 Å². The van der Waals surface area contributed by atoms with Gasteiger partial charge in [0.2, 0.25) is 5.91 Å². The summed E-state index contributed by atoms with van der Waals surface area (Å²) < 4.78 is 0. The molecule has 0 aliphatic rings. The molecule has 28 heavy (non-hydrogen) atoms. The number of benzene rings is 3. The number of carbonyl (C=O) groups excluding carboxylic acids is 1. The van der Waals surface area contributed by atoms with E-state index in [-0.39, 0.29) is 5.91 Å². The van der Waals surface area contributed by atoms with Crippen molar-refractivity contribution in [1.82, 2.24) is 5.32 Å². The van der Waals surface area contributed by atoms with E-state index >= 15 is 0 Å². The molecule has 0 spiro atoms. The maximum atomic E-state index is 12.2. The highest BCUT2D eigenvalue weighted by Gasteiger charge is 2.06. The lowest BCUT2D eigenvalue weighted by atomic mass is 10.0. The predicted molar refractivity (Wildman–Crippen MR) is 118 cm³/mol. The minimum absolute atomic E-state index is 0.0789. The van der Waals surface area contributed by atoms with E-state index in [4.69, 9.17) is 0 Å². The first-order chi connectivity index (χ1) is 13.8. The van der Waals surface area contributed by atoms with Crippen molar-refractivity contribution in [3.8, 4) is 11.1 Å². The van der Waals surface area contributed by atoms with Crippen LogP contribution >= 0.6 is 0 Å². The van der Waals surface area contributed by atoms with E-state index in [2.05, 4.69) is 65.7 Å². The quantitative estimate of drug-likeness (QED) is 0.540.